The molecule has 0 aromatic heterocycles. The minimum Gasteiger partial charge on any atom is -0.497 e. The van der Waals surface area contributed by atoms with E-state index < -0.39 is 0 Å². The number of methoxy groups -OCH3 is 1. The maximum Gasteiger partial charge on any atom is 0.119 e. The van der Waals surface area contributed by atoms with Crippen molar-refractivity contribution in [1.29, 1.82) is 0 Å². The number of nitrogens with one attached hydrogen (secondary N) is 1. The summed E-state index contributed by atoms with van der Waals surface area (Å²) in [6.45, 7) is 7.05. The molecule has 1 aliphatic heterocycles. The number of piperidine rings is 1. The van der Waals surface area contributed by atoms with Gasteiger partial charge in [-0.05, 0) is 57.0 Å². The highest BCUT2D eigenvalue weighted by atomic mass is 16.5. The third-order valence-electron chi connectivity index (χ3n) is 4.89. The molecular weight excluding hydrogens is 248 g/mol. The number of hydrogen-bond donors (Lipinski definition) is 1. The molecule has 1 aromatic rings. The Morgan fingerprint density at radius 2 is 2.15 bits per heavy atom. The second-order valence-corrected chi connectivity index (χ2v) is 5.92. The molecule has 0 spiro atoms. The number of rotatable bonds is 5. The van der Waals surface area contributed by atoms with Gasteiger partial charge in [0.2, 0.25) is 0 Å². The Hall–Kier alpha value is -1.06. The molecular formula is C17H28N2O. The summed E-state index contributed by atoms with van der Waals surface area (Å²) in [4.78, 5) is 2.62. The molecule has 0 bridgehead atoms. The highest BCUT2D eigenvalue weighted by Gasteiger charge is 2.30. The number of ether oxygens (including phenoxy) is 1. The molecule has 2 rings (SSSR count). The van der Waals surface area contributed by atoms with Crippen molar-refractivity contribution in [3.05, 3.63) is 29.8 Å². The number of benzene rings is 1. The van der Waals surface area contributed by atoms with Gasteiger partial charge in [-0.1, -0.05) is 19.1 Å². The number of likely N-dealkylation sites (tertiary alicyclic amines) is 1. The van der Waals surface area contributed by atoms with E-state index in [4.69, 9.17) is 4.74 Å². The van der Waals surface area contributed by atoms with Gasteiger partial charge in [0.25, 0.3) is 0 Å². The Morgan fingerprint density at radius 3 is 2.85 bits per heavy atom. The second-order valence-electron chi connectivity index (χ2n) is 5.92. The van der Waals surface area contributed by atoms with E-state index in [-0.39, 0.29) is 0 Å². The lowest BCUT2D eigenvalue weighted by molar-refractivity contribution is 0.0889. The quantitative estimate of drug-likeness (QED) is 0.894. The maximum absolute atomic E-state index is 5.29. The van der Waals surface area contributed by atoms with Crippen LogP contribution in [0, 0.1) is 5.92 Å². The van der Waals surface area contributed by atoms with Gasteiger partial charge in [0.15, 0.2) is 0 Å². The molecule has 0 aliphatic carbocycles. The van der Waals surface area contributed by atoms with E-state index in [1.807, 2.05) is 6.07 Å². The van der Waals surface area contributed by atoms with E-state index in [9.17, 15) is 0 Å². The second kappa shape index (κ2) is 7.09. The predicted molar refractivity (Wildman–Crippen MR) is 84.4 cm³/mol. The van der Waals surface area contributed by atoms with Crippen molar-refractivity contribution in [2.75, 3.05) is 27.2 Å². The summed E-state index contributed by atoms with van der Waals surface area (Å²) < 4.78 is 5.29. The van der Waals surface area contributed by atoms with E-state index in [1.165, 1.54) is 18.5 Å². The minimum absolute atomic E-state index is 0.645. The molecule has 3 unspecified atom stereocenters. The molecule has 1 aromatic carbocycles. The van der Waals surface area contributed by atoms with Crippen LogP contribution in [-0.4, -0.2) is 44.2 Å². The van der Waals surface area contributed by atoms with Gasteiger partial charge in [-0.25, -0.2) is 0 Å². The maximum atomic E-state index is 5.29. The Kier molecular flexibility index (Phi) is 5.44. The molecule has 1 heterocycles. The van der Waals surface area contributed by atoms with E-state index in [1.54, 1.807) is 7.11 Å². The summed E-state index contributed by atoms with van der Waals surface area (Å²) >= 11 is 0. The Labute approximate surface area is 123 Å². The molecule has 1 N–H and O–H groups in total. The largest absolute Gasteiger partial charge is 0.497 e. The molecule has 0 saturated carbocycles. The van der Waals surface area contributed by atoms with Gasteiger partial charge in [0.1, 0.15) is 5.75 Å². The monoisotopic (exact) mass is 276 g/mol. The van der Waals surface area contributed by atoms with E-state index in [2.05, 4.69) is 49.3 Å². The van der Waals surface area contributed by atoms with E-state index in [0.29, 0.717) is 18.0 Å². The highest BCUT2D eigenvalue weighted by Crippen LogP contribution is 2.24. The molecule has 0 radical (unpaired) electrons. The lowest BCUT2D eigenvalue weighted by Gasteiger charge is -2.42. The molecule has 1 saturated heterocycles. The van der Waals surface area contributed by atoms with Gasteiger partial charge in [-0.2, -0.15) is 0 Å². The summed E-state index contributed by atoms with van der Waals surface area (Å²) in [5.74, 6) is 1.66. The minimum atomic E-state index is 0.645. The third kappa shape index (κ3) is 3.53. The molecule has 0 amide bonds. The van der Waals surface area contributed by atoms with Gasteiger partial charge in [0.05, 0.1) is 7.11 Å². The standard InChI is InChI=1S/C17H28N2O/c1-13-14(2)19(11-9-17(13)18-3)10-8-15-6-5-7-16(12-15)20-4/h5-7,12-14,17-18H,8-11H2,1-4H3. The first-order chi connectivity index (χ1) is 9.65. The fourth-order valence-corrected chi connectivity index (χ4v) is 3.26. The SMILES string of the molecule is CNC1CCN(CCc2cccc(OC)c2)C(C)C1C. The topological polar surface area (TPSA) is 24.5 Å². The van der Waals surface area contributed by atoms with Gasteiger partial charge in [-0.3, -0.25) is 4.90 Å². The van der Waals surface area contributed by atoms with Crippen LogP contribution in [0.25, 0.3) is 0 Å². The highest BCUT2D eigenvalue weighted by molar-refractivity contribution is 5.28. The van der Waals surface area contributed by atoms with E-state index >= 15 is 0 Å². The molecule has 112 valence electrons. The van der Waals surface area contributed by atoms with Crippen LogP contribution in [0.1, 0.15) is 25.8 Å². The summed E-state index contributed by atoms with van der Waals surface area (Å²) in [5, 5.41) is 3.45. The van der Waals surface area contributed by atoms with Crippen LogP contribution < -0.4 is 10.1 Å². The van der Waals surface area contributed by atoms with Gasteiger partial charge >= 0.3 is 0 Å². The van der Waals surface area contributed by atoms with Crippen LogP contribution in [0.4, 0.5) is 0 Å². The lowest BCUT2D eigenvalue weighted by Crippen LogP contribution is -2.53. The summed E-state index contributed by atoms with van der Waals surface area (Å²) in [6.07, 6.45) is 2.35. The molecule has 1 aliphatic rings. The molecule has 3 heteroatoms. The first kappa shape index (κ1) is 15.3. The van der Waals surface area contributed by atoms with Crippen molar-refractivity contribution in [2.24, 2.45) is 5.92 Å². The Balaban J connectivity index is 1.90. The molecule has 3 atom stereocenters. The first-order valence-corrected chi connectivity index (χ1v) is 7.70. The van der Waals surface area contributed by atoms with Gasteiger partial charge < -0.3 is 10.1 Å². The van der Waals surface area contributed by atoms with Gasteiger partial charge in [0, 0.05) is 18.6 Å². The van der Waals surface area contributed by atoms with Crippen molar-refractivity contribution in [3.8, 4) is 5.75 Å². The smallest absolute Gasteiger partial charge is 0.119 e. The Bertz CT molecular complexity index is 421. The zero-order chi connectivity index (χ0) is 14.5. The summed E-state index contributed by atoms with van der Waals surface area (Å²) in [7, 11) is 3.81. The molecule has 20 heavy (non-hydrogen) atoms. The van der Waals surface area contributed by atoms with Crippen LogP contribution in [0.15, 0.2) is 24.3 Å². The van der Waals surface area contributed by atoms with Crippen LogP contribution in [0.2, 0.25) is 0 Å². The van der Waals surface area contributed by atoms with Crippen molar-refractivity contribution >= 4 is 0 Å². The average Bonchev–Trinajstić information content (AvgIpc) is 2.49. The van der Waals surface area contributed by atoms with Crippen molar-refractivity contribution < 1.29 is 4.74 Å². The molecule has 1 fully saturated rings. The van der Waals surface area contributed by atoms with Crippen molar-refractivity contribution in [1.82, 2.24) is 10.2 Å². The lowest BCUT2D eigenvalue weighted by atomic mass is 9.87. The zero-order valence-corrected chi connectivity index (χ0v) is 13.2. The van der Waals surface area contributed by atoms with E-state index in [0.717, 1.165) is 18.7 Å². The van der Waals surface area contributed by atoms with Crippen molar-refractivity contribution in [3.63, 3.8) is 0 Å². The summed E-state index contributed by atoms with van der Waals surface area (Å²) in [5.41, 5.74) is 1.36. The number of hydrogen-bond acceptors (Lipinski definition) is 3. The van der Waals surface area contributed by atoms with Crippen LogP contribution >= 0.6 is 0 Å². The van der Waals surface area contributed by atoms with Crippen LogP contribution in [-0.2, 0) is 6.42 Å². The Morgan fingerprint density at radius 1 is 1.35 bits per heavy atom. The zero-order valence-electron chi connectivity index (χ0n) is 13.2. The molecule has 3 nitrogen and oxygen atoms in total. The fourth-order valence-electron chi connectivity index (χ4n) is 3.26. The van der Waals surface area contributed by atoms with Crippen molar-refractivity contribution in [2.45, 2.75) is 38.8 Å². The number of nitrogens with zero attached hydrogens (tertiary/aromatic N) is 1. The normalized spacial score (nSPS) is 27.5. The summed E-state index contributed by atoms with van der Waals surface area (Å²) in [6, 6.07) is 9.73. The van der Waals surface area contributed by atoms with Crippen LogP contribution in [0.3, 0.4) is 0 Å². The predicted octanol–water partition coefficient (Wildman–Crippen LogP) is 2.56. The fraction of sp³-hybridized carbons (Fsp3) is 0.647. The third-order valence-corrected chi connectivity index (χ3v) is 4.89. The van der Waals surface area contributed by atoms with Crippen LogP contribution in [0.5, 0.6) is 5.75 Å². The van der Waals surface area contributed by atoms with Gasteiger partial charge in [-0.15, -0.1) is 0 Å². The average molecular weight is 276 g/mol. The first-order valence-electron chi connectivity index (χ1n) is 7.70.